The lowest BCUT2D eigenvalue weighted by Crippen LogP contribution is -2.37. The van der Waals surface area contributed by atoms with Gasteiger partial charge in [-0.2, -0.15) is 0 Å². The zero-order chi connectivity index (χ0) is 22.4. The standard InChI is InChI=1S/C23H23IN2O4S/c1-17-14-19(24)8-13-22(17)25-23(27)15-26(31(2,28)29)20-9-11-21(12-10-20)30-16-18-6-4-3-5-7-18/h3-14H,15-16H2,1-2H3,(H,25,27). The van der Waals surface area contributed by atoms with Crippen molar-refractivity contribution >= 4 is 49.9 Å². The molecule has 0 spiro atoms. The van der Waals surface area contributed by atoms with Gasteiger partial charge in [-0.05, 0) is 83.1 Å². The zero-order valence-electron chi connectivity index (χ0n) is 17.2. The third kappa shape index (κ3) is 6.70. The van der Waals surface area contributed by atoms with Crippen molar-refractivity contribution in [3.8, 4) is 5.75 Å². The summed E-state index contributed by atoms with van der Waals surface area (Å²) >= 11 is 2.20. The lowest BCUT2D eigenvalue weighted by molar-refractivity contribution is -0.114. The number of carbonyl (C=O) groups excluding carboxylic acids is 1. The van der Waals surface area contributed by atoms with Crippen LogP contribution in [0.5, 0.6) is 5.75 Å². The fraction of sp³-hybridized carbons (Fsp3) is 0.174. The van der Waals surface area contributed by atoms with E-state index in [1.54, 1.807) is 30.3 Å². The summed E-state index contributed by atoms with van der Waals surface area (Å²) in [6.07, 6.45) is 1.08. The van der Waals surface area contributed by atoms with E-state index >= 15 is 0 Å². The molecule has 0 radical (unpaired) electrons. The quantitative estimate of drug-likeness (QED) is 0.417. The summed E-state index contributed by atoms with van der Waals surface area (Å²) in [6.45, 7) is 1.97. The van der Waals surface area contributed by atoms with Crippen LogP contribution >= 0.6 is 22.6 Å². The minimum atomic E-state index is -3.66. The van der Waals surface area contributed by atoms with Gasteiger partial charge in [-0.3, -0.25) is 9.10 Å². The second kappa shape index (κ2) is 10.1. The number of hydrogen-bond donors (Lipinski definition) is 1. The Morgan fingerprint density at radius 3 is 2.32 bits per heavy atom. The molecule has 0 saturated heterocycles. The van der Waals surface area contributed by atoms with Crippen LogP contribution in [0, 0.1) is 10.5 Å². The van der Waals surface area contributed by atoms with E-state index in [1.165, 1.54) is 0 Å². The van der Waals surface area contributed by atoms with Crippen molar-refractivity contribution in [2.45, 2.75) is 13.5 Å². The first-order valence-corrected chi connectivity index (χ1v) is 12.5. The molecule has 0 aromatic heterocycles. The number of amides is 1. The Bertz CT molecular complexity index is 1150. The van der Waals surface area contributed by atoms with Gasteiger partial charge < -0.3 is 10.1 Å². The van der Waals surface area contributed by atoms with Crippen LogP contribution in [-0.2, 0) is 21.4 Å². The Kier molecular flexibility index (Phi) is 7.55. The fourth-order valence-corrected chi connectivity index (χ4v) is 4.44. The topological polar surface area (TPSA) is 75.7 Å². The van der Waals surface area contributed by atoms with E-state index in [4.69, 9.17) is 4.74 Å². The minimum Gasteiger partial charge on any atom is -0.489 e. The number of sulfonamides is 1. The van der Waals surface area contributed by atoms with Gasteiger partial charge in [0.05, 0.1) is 11.9 Å². The third-order valence-electron chi connectivity index (χ3n) is 4.52. The van der Waals surface area contributed by atoms with Crippen molar-refractivity contribution in [2.75, 3.05) is 22.4 Å². The second-order valence-corrected chi connectivity index (χ2v) is 10.2. The molecule has 6 nitrogen and oxygen atoms in total. The molecule has 0 saturated carbocycles. The molecule has 3 aromatic rings. The Morgan fingerprint density at radius 2 is 1.71 bits per heavy atom. The highest BCUT2D eigenvalue weighted by Crippen LogP contribution is 2.23. The van der Waals surface area contributed by atoms with Crippen molar-refractivity contribution < 1.29 is 17.9 Å². The van der Waals surface area contributed by atoms with Gasteiger partial charge in [-0.1, -0.05) is 30.3 Å². The number of aryl methyl sites for hydroxylation is 1. The van der Waals surface area contributed by atoms with Gasteiger partial charge in [0, 0.05) is 9.26 Å². The second-order valence-electron chi connectivity index (χ2n) is 7.05. The summed E-state index contributed by atoms with van der Waals surface area (Å²) in [6, 6.07) is 22.0. The number of hydrogen-bond acceptors (Lipinski definition) is 4. The maximum atomic E-state index is 12.6. The van der Waals surface area contributed by atoms with Crippen molar-refractivity contribution in [1.29, 1.82) is 0 Å². The molecule has 0 unspecified atom stereocenters. The number of nitrogens with one attached hydrogen (secondary N) is 1. The highest BCUT2D eigenvalue weighted by Gasteiger charge is 2.21. The molecule has 0 aliphatic carbocycles. The summed E-state index contributed by atoms with van der Waals surface area (Å²) in [7, 11) is -3.66. The molecule has 0 aliphatic rings. The SMILES string of the molecule is Cc1cc(I)ccc1NC(=O)CN(c1ccc(OCc2ccccc2)cc1)S(C)(=O)=O. The van der Waals surface area contributed by atoms with Gasteiger partial charge in [0.2, 0.25) is 15.9 Å². The van der Waals surface area contributed by atoms with E-state index in [-0.39, 0.29) is 6.54 Å². The minimum absolute atomic E-state index is 0.325. The highest BCUT2D eigenvalue weighted by molar-refractivity contribution is 14.1. The average Bonchev–Trinajstić information content (AvgIpc) is 2.73. The molecular weight excluding hydrogens is 527 g/mol. The summed E-state index contributed by atoms with van der Waals surface area (Å²) in [5, 5.41) is 2.79. The van der Waals surface area contributed by atoms with Crippen molar-refractivity contribution in [1.82, 2.24) is 0 Å². The number of anilines is 2. The monoisotopic (exact) mass is 550 g/mol. The van der Waals surface area contributed by atoms with E-state index in [9.17, 15) is 13.2 Å². The molecule has 0 heterocycles. The average molecular weight is 550 g/mol. The van der Waals surface area contributed by atoms with Gasteiger partial charge in [0.25, 0.3) is 0 Å². The first kappa shape index (κ1) is 23.1. The molecule has 0 bridgehead atoms. The number of benzene rings is 3. The summed E-state index contributed by atoms with van der Waals surface area (Å²) in [4.78, 5) is 12.6. The highest BCUT2D eigenvalue weighted by atomic mass is 127. The summed E-state index contributed by atoms with van der Waals surface area (Å²) < 4.78 is 32.6. The van der Waals surface area contributed by atoms with E-state index < -0.39 is 15.9 Å². The van der Waals surface area contributed by atoms with Crippen molar-refractivity contribution in [3.05, 3.63) is 87.5 Å². The molecule has 1 N–H and O–H groups in total. The third-order valence-corrected chi connectivity index (χ3v) is 6.33. The maximum absolute atomic E-state index is 12.6. The Morgan fingerprint density at radius 1 is 1.03 bits per heavy atom. The number of halogens is 1. The molecule has 0 aliphatic heterocycles. The smallest absolute Gasteiger partial charge is 0.245 e. The van der Waals surface area contributed by atoms with Crippen molar-refractivity contribution in [2.24, 2.45) is 0 Å². The first-order valence-electron chi connectivity index (χ1n) is 9.53. The number of rotatable bonds is 8. The van der Waals surface area contributed by atoms with Crippen LogP contribution in [0.3, 0.4) is 0 Å². The van der Waals surface area contributed by atoms with Gasteiger partial charge >= 0.3 is 0 Å². The predicted octanol–water partition coefficient (Wildman–Crippen LogP) is 4.58. The fourth-order valence-electron chi connectivity index (χ4n) is 2.94. The first-order chi connectivity index (χ1) is 14.7. The molecule has 31 heavy (non-hydrogen) atoms. The van der Waals surface area contributed by atoms with Crippen molar-refractivity contribution in [3.63, 3.8) is 0 Å². The normalized spacial score (nSPS) is 11.1. The van der Waals surface area contributed by atoms with Gasteiger partial charge in [0.15, 0.2) is 0 Å². The molecule has 8 heteroatoms. The Balaban J connectivity index is 1.69. The lowest BCUT2D eigenvalue weighted by atomic mass is 10.2. The lowest BCUT2D eigenvalue weighted by Gasteiger charge is -2.22. The van der Waals surface area contributed by atoms with Gasteiger partial charge in [-0.25, -0.2) is 8.42 Å². The van der Waals surface area contributed by atoms with E-state index in [0.29, 0.717) is 23.7 Å². The van der Waals surface area contributed by atoms with Crippen LogP contribution in [-0.4, -0.2) is 27.1 Å². The molecule has 3 aromatic carbocycles. The van der Waals surface area contributed by atoms with Crippen LogP contribution in [0.4, 0.5) is 11.4 Å². The van der Waals surface area contributed by atoms with E-state index in [2.05, 4.69) is 27.9 Å². The number of nitrogens with zero attached hydrogens (tertiary/aromatic N) is 1. The van der Waals surface area contributed by atoms with E-state index in [0.717, 1.165) is 25.3 Å². The molecule has 0 atom stereocenters. The Labute approximate surface area is 196 Å². The summed E-state index contributed by atoms with van der Waals surface area (Å²) in [5.41, 5.74) is 2.99. The van der Waals surface area contributed by atoms with E-state index in [1.807, 2.05) is 49.4 Å². The van der Waals surface area contributed by atoms with Gasteiger partial charge in [0.1, 0.15) is 18.9 Å². The number of ether oxygens (including phenoxy) is 1. The zero-order valence-corrected chi connectivity index (χ0v) is 20.2. The molecule has 3 rings (SSSR count). The molecule has 162 valence electrons. The maximum Gasteiger partial charge on any atom is 0.245 e. The van der Waals surface area contributed by atoms with Gasteiger partial charge in [-0.15, -0.1) is 0 Å². The molecule has 0 fully saturated rings. The predicted molar refractivity (Wildman–Crippen MR) is 132 cm³/mol. The van der Waals surface area contributed by atoms with Crippen LogP contribution < -0.4 is 14.4 Å². The van der Waals surface area contributed by atoms with Crippen LogP contribution in [0.1, 0.15) is 11.1 Å². The Hall–Kier alpha value is -2.59. The van der Waals surface area contributed by atoms with Crippen LogP contribution in [0.25, 0.3) is 0 Å². The largest absolute Gasteiger partial charge is 0.489 e. The van der Waals surface area contributed by atoms with Crippen LogP contribution in [0.15, 0.2) is 72.8 Å². The van der Waals surface area contributed by atoms with Crippen LogP contribution in [0.2, 0.25) is 0 Å². The molecule has 1 amide bonds. The molecular formula is C23H23IN2O4S. The summed E-state index contributed by atoms with van der Waals surface area (Å²) in [5.74, 6) is 0.194. The number of carbonyl (C=O) groups is 1.